The summed E-state index contributed by atoms with van der Waals surface area (Å²) < 4.78 is 7.40. The predicted octanol–water partition coefficient (Wildman–Crippen LogP) is 2.70. The largest absolute Gasteiger partial charge is 0.444 e. The monoisotopic (exact) mass is 406 g/mol. The van der Waals surface area contributed by atoms with Crippen molar-refractivity contribution < 1.29 is 19.1 Å². The number of ether oxygens (including phenoxy) is 1. The third-order valence-electron chi connectivity index (χ3n) is 4.61. The number of carbonyl (C=O) groups is 3. The summed E-state index contributed by atoms with van der Waals surface area (Å²) in [6, 6.07) is 3.86. The van der Waals surface area contributed by atoms with Crippen LogP contribution in [0.15, 0.2) is 18.3 Å². The van der Waals surface area contributed by atoms with Crippen LogP contribution in [0, 0.1) is 0 Å². The fourth-order valence-corrected chi connectivity index (χ4v) is 3.33. The smallest absolute Gasteiger partial charge is 0.410 e. The maximum Gasteiger partial charge on any atom is 0.410 e. The fourth-order valence-electron chi connectivity index (χ4n) is 3.33. The lowest BCUT2D eigenvalue weighted by Gasteiger charge is -2.34. The second-order valence-electron chi connectivity index (χ2n) is 8.73. The summed E-state index contributed by atoms with van der Waals surface area (Å²) in [5, 5.41) is 5.62. The highest BCUT2D eigenvalue weighted by Crippen LogP contribution is 2.25. The summed E-state index contributed by atoms with van der Waals surface area (Å²) in [5.74, 6) is -0.271. The normalized spacial score (nSPS) is 15.3. The van der Waals surface area contributed by atoms with Crippen molar-refractivity contribution >= 4 is 17.9 Å². The van der Waals surface area contributed by atoms with Crippen molar-refractivity contribution in [2.45, 2.75) is 71.6 Å². The van der Waals surface area contributed by atoms with Gasteiger partial charge in [0.2, 0.25) is 5.91 Å². The zero-order valence-corrected chi connectivity index (χ0v) is 18.2. The van der Waals surface area contributed by atoms with Gasteiger partial charge in [0.1, 0.15) is 11.3 Å². The van der Waals surface area contributed by atoms with Gasteiger partial charge in [0.15, 0.2) is 0 Å². The summed E-state index contributed by atoms with van der Waals surface area (Å²) in [5.41, 5.74) is 0.0658. The Bertz CT molecular complexity index is 713. The Morgan fingerprint density at radius 1 is 1.21 bits per heavy atom. The van der Waals surface area contributed by atoms with Gasteiger partial charge in [-0.15, -0.1) is 0 Å². The van der Waals surface area contributed by atoms with Gasteiger partial charge >= 0.3 is 6.09 Å². The van der Waals surface area contributed by atoms with Crippen LogP contribution in [0.25, 0.3) is 0 Å². The van der Waals surface area contributed by atoms with E-state index in [0.29, 0.717) is 25.3 Å². The van der Waals surface area contributed by atoms with Gasteiger partial charge in [-0.25, -0.2) is 4.79 Å². The Kier molecular flexibility index (Phi) is 7.70. The van der Waals surface area contributed by atoms with Gasteiger partial charge < -0.3 is 24.8 Å². The minimum atomic E-state index is -0.508. The Labute approximate surface area is 173 Å². The third-order valence-corrected chi connectivity index (χ3v) is 4.61. The van der Waals surface area contributed by atoms with E-state index in [1.165, 1.54) is 0 Å². The molecule has 1 aliphatic rings. The lowest BCUT2D eigenvalue weighted by atomic mass is 10.0. The molecule has 2 heterocycles. The van der Waals surface area contributed by atoms with E-state index in [1.54, 1.807) is 11.0 Å². The number of likely N-dealkylation sites (tertiary alicyclic amines) is 1. The van der Waals surface area contributed by atoms with Crippen molar-refractivity contribution in [3.05, 3.63) is 24.0 Å². The number of aromatic nitrogens is 1. The molecule has 0 saturated carbocycles. The highest BCUT2D eigenvalue weighted by Gasteiger charge is 2.28. The molecular formula is C21H34N4O4. The zero-order chi connectivity index (χ0) is 21.6. The molecule has 0 aliphatic carbocycles. The van der Waals surface area contributed by atoms with Crippen LogP contribution in [-0.4, -0.2) is 58.7 Å². The summed E-state index contributed by atoms with van der Waals surface area (Å²) in [6.07, 6.45) is 3.37. The first kappa shape index (κ1) is 22.8. The first-order valence-corrected chi connectivity index (χ1v) is 10.3. The van der Waals surface area contributed by atoms with E-state index in [-0.39, 0.29) is 36.4 Å². The van der Waals surface area contributed by atoms with Crippen molar-refractivity contribution in [3.8, 4) is 0 Å². The number of carbonyl (C=O) groups excluding carboxylic acids is 3. The summed E-state index contributed by atoms with van der Waals surface area (Å²) in [6.45, 7) is 10.8. The molecule has 0 atom stereocenters. The summed E-state index contributed by atoms with van der Waals surface area (Å²) >= 11 is 0. The molecule has 1 fully saturated rings. The molecule has 1 saturated heterocycles. The van der Waals surface area contributed by atoms with E-state index in [9.17, 15) is 14.4 Å². The molecule has 0 unspecified atom stereocenters. The van der Waals surface area contributed by atoms with Gasteiger partial charge in [0, 0.05) is 44.3 Å². The van der Waals surface area contributed by atoms with E-state index in [4.69, 9.17) is 4.74 Å². The van der Waals surface area contributed by atoms with Crippen LogP contribution < -0.4 is 10.6 Å². The number of hydrogen-bond donors (Lipinski definition) is 2. The molecule has 2 N–H and O–H groups in total. The topological polar surface area (TPSA) is 92.7 Å². The average molecular weight is 407 g/mol. The molecule has 1 aromatic heterocycles. The number of rotatable bonds is 6. The van der Waals surface area contributed by atoms with Crippen LogP contribution >= 0.6 is 0 Å². The number of nitrogens with one attached hydrogen (secondary N) is 2. The molecule has 0 aromatic carbocycles. The summed E-state index contributed by atoms with van der Waals surface area (Å²) in [7, 11) is 0. The number of amides is 3. The number of nitrogens with zero attached hydrogens (tertiary/aromatic N) is 2. The molecule has 3 amide bonds. The van der Waals surface area contributed by atoms with Crippen LogP contribution in [-0.2, 0) is 9.53 Å². The molecule has 29 heavy (non-hydrogen) atoms. The predicted molar refractivity (Wildman–Crippen MR) is 111 cm³/mol. The van der Waals surface area contributed by atoms with Crippen LogP contribution in [0.3, 0.4) is 0 Å². The molecule has 8 nitrogen and oxygen atoms in total. The fraction of sp³-hybridized carbons (Fsp3) is 0.667. The third kappa shape index (κ3) is 7.11. The van der Waals surface area contributed by atoms with Gasteiger partial charge in [-0.05, 0) is 59.6 Å². The van der Waals surface area contributed by atoms with Crippen LogP contribution in [0.4, 0.5) is 4.79 Å². The van der Waals surface area contributed by atoms with Crippen molar-refractivity contribution in [3.63, 3.8) is 0 Å². The van der Waals surface area contributed by atoms with Crippen LogP contribution in [0.1, 0.15) is 70.4 Å². The molecule has 0 radical (unpaired) electrons. The lowest BCUT2D eigenvalue weighted by molar-refractivity contribution is -0.121. The summed E-state index contributed by atoms with van der Waals surface area (Å²) in [4.78, 5) is 38.2. The Morgan fingerprint density at radius 3 is 2.45 bits per heavy atom. The van der Waals surface area contributed by atoms with Gasteiger partial charge in [-0.3, -0.25) is 9.59 Å². The van der Waals surface area contributed by atoms with Crippen molar-refractivity contribution in [1.82, 2.24) is 20.1 Å². The number of piperidine rings is 1. The second kappa shape index (κ2) is 9.80. The average Bonchev–Trinajstić information content (AvgIpc) is 3.09. The van der Waals surface area contributed by atoms with Crippen LogP contribution in [0.5, 0.6) is 0 Å². The SMILES string of the molecule is CC(C)NC(=O)CCNC(=O)c1cccn1C1CCN(C(=O)OC(C)(C)C)CC1. The lowest BCUT2D eigenvalue weighted by Crippen LogP contribution is -2.42. The Balaban J connectivity index is 1.86. The van der Waals surface area contributed by atoms with E-state index < -0.39 is 5.60 Å². The molecule has 0 spiro atoms. The highest BCUT2D eigenvalue weighted by atomic mass is 16.6. The number of hydrogen-bond acceptors (Lipinski definition) is 4. The molecule has 8 heteroatoms. The molecule has 1 aromatic rings. The highest BCUT2D eigenvalue weighted by molar-refractivity contribution is 5.93. The molecule has 2 rings (SSSR count). The molecular weight excluding hydrogens is 372 g/mol. The van der Waals surface area contributed by atoms with Gasteiger partial charge in [-0.1, -0.05) is 0 Å². The van der Waals surface area contributed by atoms with Gasteiger partial charge in [0.05, 0.1) is 0 Å². The second-order valence-corrected chi connectivity index (χ2v) is 8.73. The maximum atomic E-state index is 12.6. The standard InChI is InChI=1S/C21H34N4O4/c1-15(2)23-18(26)8-11-22-19(27)17-7-6-12-25(17)16-9-13-24(14-10-16)20(28)29-21(3,4)5/h6-7,12,15-16H,8-11,13-14H2,1-5H3,(H,22,27)(H,23,26). The van der Waals surface area contributed by atoms with Crippen molar-refractivity contribution in [2.75, 3.05) is 19.6 Å². The van der Waals surface area contributed by atoms with Crippen molar-refractivity contribution in [2.24, 2.45) is 0 Å². The maximum absolute atomic E-state index is 12.6. The minimum Gasteiger partial charge on any atom is -0.444 e. The molecule has 162 valence electrons. The van der Waals surface area contributed by atoms with Gasteiger partial charge in [0.25, 0.3) is 5.91 Å². The molecule has 0 bridgehead atoms. The molecule has 1 aliphatic heterocycles. The Morgan fingerprint density at radius 2 is 1.86 bits per heavy atom. The van der Waals surface area contributed by atoms with E-state index in [1.807, 2.05) is 51.4 Å². The quantitative estimate of drug-likeness (QED) is 0.760. The van der Waals surface area contributed by atoms with E-state index in [0.717, 1.165) is 12.8 Å². The van der Waals surface area contributed by atoms with E-state index >= 15 is 0 Å². The Hall–Kier alpha value is -2.51. The minimum absolute atomic E-state index is 0.0785. The van der Waals surface area contributed by atoms with Gasteiger partial charge in [-0.2, -0.15) is 0 Å². The van der Waals surface area contributed by atoms with E-state index in [2.05, 4.69) is 10.6 Å². The first-order chi connectivity index (χ1) is 13.6. The van der Waals surface area contributed by atoms with Crippen molar-refractivity contribution in [1.29, 1.82) is 0 Å². The first-order valence-electron chi connectivity index (χ1n) is 10.3. The van der Waals surface area contributed by atoms with Crippen LogP contribution in [0.2, 0.25) is 0 Å². The zero-order valence-electron chi connectivity index (χ0n) is 18.2.